The van der Waals surface area contributed by atoms with Crippen molar-refractivity contribution in [3.63, 3.8) is 0 Å². The Morgan fingerprint density at radius 2 is 2.29 bits per heavy atom. The third-order valence-corrected chi connectivity index (χ3v) is 0.189. The first-order valence-corrected chi connectivity index (χ1v) is 1.34. The molecule has 0 bridgehead atoms. The summed E-state index contributed by atoms with van der Waals surface area (Å²) in [5.41, 5.74) is 1.22. The molecule has 7 heavy (non-hydrogen) atoms. The number of hydrogen-bond acceptors (Lipinski definition) is 4. The van der Waals surface area contributed by atoms with Crippen molar-refractivity contribution in [3.8, 4) is 0 Å². The Kier molecular flexibility index (Phi) is 8.48. The molecule has 0 atom stereocenters. The maximum absolute atomic E-state index is 9.60. The normalized spacial score (nSPS) is 6.57. The van der Waals surface area contributed by atoms with Crippen LogP contribution in [0, 0.1) is 0 Å². The second-order valence-corrected chi connectivity index (χ2v) is 0.685. The Morgan fingerprint density at radius 1 is 1.86 bits per heavy atom. The molecule has 42 valence electrons. The van der Waals surface area contributed by atoms with Crippen LogP contribution in [-0.4, -0.2) is 28.5 Å². The fraction of sp³-hybridized carbons (Fsp3) is 0.500. The van der Waals surface area contributed by atoms with Gasteiger partial charge in [-0.3, -0.25) is 10.0 Å². The summed E-state index contributed by atoms with van der Waals surface area (Å²) in [5.74, 6) is -0.572. The van der Waals surface area contributed by atoms with Gasteiger partial charge in [0, 0.05) is 6.92 Å². The van der Waals surface area contributed by atoms with Gasteiger partial charge in [-0.05, 0) is 5.64 Å². The van der Waals surface area contributed by atoms with Gasteiger partial charge in [-0.15, -0.1) is 0 Å². The van der Waals surface area contributed by atoms with Crippen LogP contribution in [-0.2, 0) is 9.63 Å². The van der Waals surface area contributed by atoms with Gasteiger partial charge in [0.05, 0.1) is 0 Å². The number of hydrogen-bond donors (Lipinski definition) is 2. The lowest BCUT2D eigenvalue weighted by Crippen LogP contribution is -2.11. The first-order valence-electron chi connectivity index (χ1n) is 1.34. The maximum Gasteiger partial charge on any atom is 0.324 e. The van der Waals surface area contributed by atoms with Crippen molar-refractivity contribution in [2.75, 3.05) is 0 Å². The first-order chi connectivity index (χ1) is 2.77. The standard InChI is InChI=1S/C2H5NO3.Al.3H/c1-2(4)6-3-5;;;;/h3,5H,1H3;;;;. The minimum Gasteiger partial charge on any atom is -0.346 e. The third-order valence-electron chi connectivity index (χ3n) is 0.189. The summed E-state index contributed by atoms with van der Waals surface area (Å²) in [7, 11) is 0. The van der Waals surface area contributed by atoms with Crippen LogP contribution in [0.4, 0.5) is 0 Å². The van der Waals surface area contributed by atoms with Crippen molar-refractivity contribution < 1.29 is 14.8 Å². The minimum atomic E-state index is -0.572. The Bertz CT molecular complexity index is 56.9. The Labute approximate surface area is 51.5 Å². The Morgan fingerprint density at radius 3 is 2.29 bits per heavy atom. The highest BCUT2D eigenvalue weighted by molar-refractivity contribution is 5.75. The molecule has 0 aliphatic carbocycles. The van der Waals surface area contributed by atoms with Gasteiger partial charge in [0.2, 0.25) is 0 Å². The van der Waals surface area contributed by atoms with Gasteiger partial charge in [0.1, 0.15) is 0 Å². The van der Waals surface area contributed by atoms with Gasteiger partial charge in [-0.1, -0.05) is 0 Å². The highest BCUT2D eigenvalue weighted by atomic mass is 27.0. The molecule has 0 unspecified atom stereocenters. The molecule has 0 aliphatic heterocycles. The highest BCUT2D eigenvalue weighted by Crippen LogP contribution is 1.60. The summed E-state index contributed by atoms with van der Waals surface area (Å²) >= 11 is 0. The van der Waals surface area contributed by atoms with Crippen LogP contribution in [0.3, 0.4) is 0 Å². The van der Waals surface area contributed by atoms with E-state index >= 15 is 0 Å². The average Bonchev–Trinajstić information content (AvgIpc) is 1.35. The van der Waals surface area contributed by atoms with Crippen molar-refractivity contribution in [3.05, 3.63) is 0 Å². The fourth-order valence-electron chi connectivity index (χ4n) is 0.0643. The average molecular weight is 121 g/mol. The minimum absolute atomic E-state index is 0. The van der Waals surface area contributed by atoms with Gasteiger partial charge in [0.25, 0.3) is 0 Å². The van der Waals surface area contributed by atoms with E-state index in [0.29, 0.717) is 0 Å². The molecule has 4 nitrogen and oxygen atoms in total. The molecular formula is C2H8AlNO3. The smallest absolute Gasteiger partial charge is 0.324 e. The van der Waals surface area contributed by atoms with Crippen LogP contribution in [0.5, 0.6) is 0 Å². The maximum atomic E-state index is 9.60. The fourth-order valence-corrected chi connectivity index (χ4v) is 0.0643. The zero-order valence-corrected chi connectivity index (χ0v) is 3.26. The molecule has 5 heteroatoms. The topological polar surface area (TPSA) is 58.6 Å². The number of rotatable bonds is 1. The molecule has 2 N–H and O–H groups in total. The predicted molar refractivity (Wildman–Crippen MR) is 26.6 cm³/mol. The molecule has 0 rings (SSSR count). The van der Waals surface area contributed by atoms with Crippen LogP contribution in [0.25, 0.3) is 0 Å². The molecule has 0 aromatic rings. The summed E-state index contributed by atoms with van der Waals surface area (Å²) < 4.78 is 0. The van der Waals surface area contributed by atoms with Crippen molar-refractivity contribution >= 4 is 23.3 Å². The zero-order valence-electron chi connectivity index (χ0n) is 3.26. The van der Waals surface area contributed by atoms with Crippen LogP contribution in [0.1, 0.15) is 6.92 Å². The largest absolute Gasteiger partial charge is 0.346 e. The van der Waals surface area contributed by atoms with E-state index in [-0.39, 0.29) is 17.4 Å². The van der Waals surface area contributed by atoms with E-state index in [1.54, 1.807) is 0 Å². The second kappa shape index (κ2) is 5.92. The van der Waals surface area contributed by atoms with Gasteiger partial charge in [-0.25, -0.2) is 0 Å². The summed E-state index contributed by atoms with van der Waals surface area (Å²) in [6.45, 7) is 1.17. The Balaban J connectivity index is 0. The van der Waals surface area contributed by atoms with Crippen molar-refractivity contribution in [2.24, 2.45) is 0 Å². The van der Waals surface area contributed by atoms with E-state index in [1.165, 1.54) is 12.6 Å². The predicted octanol–water partition coefficient (Wildman–Crippen LogP) is -1.74. The molecule has 0 saturated heterocycles. The van der Waals surface area contributed by atoms with Crippen LogP contribution < -0.4 is 5.64 Å². The SMILES string of the molecule is CC(=O)ONO.[AlH3]. The first kappa shape index (κ1) is 10.0. The van der Waals surface area contributed by atoms with E-state index in [1.807, 2.05) is 0 Å². The molecular weight excluding hydrogens is 113 g/mol. The molecule has 0 radical (unpaired) electrons. The van der Waals surface area contributed by atoms with E-state index in [4.69, 9.17) is 5.21 Å². The number of nitrogens with one attached hydrogen (secondary N) is 1. The van der Waals surface area contributed by atoms with Crippen molar-refractivity contribution in [2.45, 2.75) is 6.92 Å². The lowest BCUT2D eigenvalue weighted by molar-refractivity contribution is -0.173. The van der Waals surface area contributed by atoms with E-state index in [0.717, 1.165) is 0 Å². The van der Waals surface area contributed by atoms with Crippen LogP contribution >= 0.6 is 0 Å². The van der Waals surface area contributed by atoms with E-state index in [9.17, 15) is 4.79 Å². The Hall–Kier alpha value is -0.0775. The van der Waals surface area contributed by atoms with E-state index < -0.39 is 5.97 Å². The van der Waals surface area contributed by atoms with Crippen molar-refractivity contribution in [1.29, 1.82) is 0 Å². The molecule has 0 aromatic heterocycles. The van der Waals surface area contributed by atoms with Crippen molar-refractivity contribution in [1.82, 2.24) is 5.64 Å². The lowest BCUT2D eigenvalue weighted by atomic mass is 10.8. The molecule has 0 aliphatic rings. The van der Waals surface area contributed by atoms with Gasteiger partial charge in [-0.2, -0.15) is 0 Å². The second-order valence-electron chi connectivity index (χ2n) is 0.685. The van der Waals surface area contributed by atoms with Crippen LogP contribution in [0.2, 0.25) is 0 Å². The summed E-state index contributed by atoms with van der Waals surface area (Å²) in [4.78, 5) is 13.3. The van der Waals surface area contributed by atoms with Gasteiger partial charge >= 0.3 is 5.97 Å². The number of carbonyl (C=O) groups excluding carboxylic acids is 1. The monoisotopic (exact) mass is 121 g/mol. The van der Waals surface area contributed by atoms with E-state index in [2.05, 4.69) is 4.84 Å². The molecule has 0 aromatic carbocycles. The molecule has 0 spiro atoms. The third kappa shape index (κ3) is 10.7. The summed E-state index contributed by atoms with van der Waals surface area (Å²) in [6.07, 6.45) is 0. The highest BCUT2D eigenvalue weighted by Gasteiger charge is 1.82. The lowest BCUT2D eigenvalue weighted by Gasteiger charge is -1.88. The molecule has 0 saturated carbocycles. The molecule has 0 fully saturated rings. The summed E-state index contributed by atoms with van der Waals surface area (Å²) in [5, 5.41) is 7.54. The quantitative estimate of drug-likeness (QED) is 0.319. The van der Waals surface area contributed by atoms with Gasteiger partial charge in [0.15, 0.2) is 17.4 Å². The zero-order chi connectivity index (χ0) is 4.99. The molecule has 0 heterocycles. The summed E-state index contributed by atoms with van der Waals surface area (Å²) in [6, 6.07) is 0. The van der Waals surface area contributed by atoms with Gasteiger partial charge < -0.3 is 4.84 Å². The van der Waals surface area contributed by atoms with Crippen LogP contribution in [0.15, 0.2) is 0 Å². The molecule has 0 amide bonds. The number of carbonyl (C=O) groups is 1.